The molecule has 0 saturated carbocycles. The van der Waals surface area contributed by atoms with Gasteiger partial charge in [-0.1, -0.05) is 20.3 Å². The molecule has 0 aliphatic carbocycles. The second kappa shape index (κ2) is 8.73. The Morgan fingerprint density at radius 1 is 1.27 bits per heavy atom. The number of unbranched alkanes of at least 4 members (excludes halogenated alkanes) is 1. The molecule has 5 heteroatoms. The van der Waals surface area contributed by atoms with Crippen molar-refractivity contribution in [3.8, 4) is 5.88 Å². The van der Waals surface area contributed by atoms with Crippen molar-refractivity contribution in [2.75, 3.05) is 18.5 Å². The number of carbonyl (C=O) groups is 1. The lowest BCUT2D eigenvalue weighted by molar-refractivity contribution is -0.137. The first-order chi connectivity index (χ1) is 10.4. The molecule has 0 aromatic carbocycles. The Morgan fingerprint density at radius 3 is 2.59 bits per heavy atom. The SMILES string of the molecule is CCCCOc1ncc(NC(=O)C(C)(C)OCCC)cc1C. The van der Waals surface area contributed by atoms with Gasteiger partial charge in [0.25, 0.3) is 5.91 Å². The van der Waals surface area contributed by atoms with Crippen LogP contribution in [0.25, 0.3) is 0 Å². The van der Waals surface area contributed by atoms with Crippen molar-refractivity contribution in [3.05, 3.63) is 17.8 Å². The maximum atomic E-state index is 12.3. The van der Waals surface area contributed by atoms with Crippen LogP contribution in [-0.4, -0.2) is 29.7 Å². The number of amides is 1. The monoisotopic (exact) mass is 308 g/mol. The summed E-state index contributed by atoms with van der Waals surface area (Å²) in [7, 11) is 0. The average molecular weight is 308 g/mol. The van der Waals surface area contributed by atoms with E-state index in [2.05, 4.69) is 17.2 Å². The number of ether oxygens (including phenoxy) is 2. The largest absolute Gasteiger partial charge is 0.477 e. The number of carbonyl (C=O) groups excluding carboxylic acids is 1. The summed E-state index contributed by atoms with van der Waals surface area (Å²) in [6.07, 6.45) is 4.58. The molecular formula is C17H28N2O3. The van der Waals surface area contributed by atoms with E-state index in [0.717, 1.165) is 24.8 Å². The van der Waals surface area contributed by atoms with Crippen LogP contribution in [0.2, 0.25) is 0 Å². The summed E-state index contributed by atoms with van der Waals surface area (Å²) >= 11 is 0. The van der Waals surface area contributed by atoms with E-state index in [1.165, 1.54) is 0 Å². The fraction of sp³-hybridized carbons (Fsp3) is 0.647. The number of hydrogen-bond donors (Lipinski definition) is 1. The molecule has 1 aromatic rings. The van der Waals surface area contributed by atoms with Gasteiger partial charge >= 0.3 is 0 Å². The number of rotatable bonds is 9. The molecule has 0 fully saturated rings. The minimum absolute atomic E-state index is 0.179. The third-order valence-electron chi connectivity index (χ3n) is 3.24. The Balaban J connectivity index is 2.66. The van der Waals surface area contributed by atoms with Crippen LogP contribution in [0, 0.1) is 6.92 Å². The van der Waals surface area contributed by atoms with Gasteiger partial charge in [-0.05, 0) is 39.7 Å². The fourth-order valence-electron chi connectivity index (χ4n) is 1.80. The molecule has 1 aromatic heterocycles. The molecule has 1 heterocycles. The summed E-state index contributed by atoms with van der Waals surface area (Å²) in [5.74, 6) is 0.440. The van der Waals surface area contributed by atoms with Gasteiger partial charge in [0, 0.05) is 12.2 Å². The van der Waals surface area contributed by atoms with Gasteiger partial charge in [-0.25, -0.2) is 4.98 Å². The zero-order valence-corrected chi connectivity index (χ0v) is 14.4. The van der Waals surface area contributed by atoms with Crippen LogP contribution in [0.5, 0.6) is 5.88 Å². The fourth-order valence-corrected chi connectivity index (χ4v) is 1.80. The lowest BCUT2D eigenvalue weighted by atomic mass is 10.1. The third kappa shape index (κ3) is 5.64. The van der Waals surface area contributed by atoms with Crippen molar-refractivity contribution in [1.29, 1.82) is 0 Å². The molecule has 1 amide bonds. The zero-order valence-electron chi connectivity index (χ0n) is 14.4. The number of hydrogen-bond acceptors (Lipinski definition) is 4. The summed E-state index contributed by atoms with van der Waals surface area (Å²) in [4.78, 5) is 16.5. The molecule has 0 atom stereocenters. The summed E-state index contributed by atoms with van der Waals surface area (Å²) < 4.78 is 11.2. The predicted octanol–water partition coefficient (Wildman–Crippen LogP) is 3.71. The maximum absolute atomic E-state index is 12.3. The Hall–Kier alpha value is -1.62. The quantitative estimate of drug-likeness (QED) is 0.706. The van der Waals surface area contributed by atoms with Gasteiger partial charge in [-0.15, -0.1) is 0 Å². The highest BCUT2D eigenvalue weighted by Crippen LogP contribution is 2.20. The van der Waals surface area contributed by atoms with Gasteiger partial charge in [-0.3, -0.25) is 4.79 Å². The van der Waals surface area contributed by atoms with Gasteiger partial charge in [0.15, 0.2) is 0 Å². The molecule has 0 bridgehead atoms. The van der Waals surface area contributed by atoms with E-state index in [4.69, 9.17) is 9.47 Å². The summed E-state index contributed by atoms with van der Waals surface area (Å²) in [6, 6.07) is 1.86. The van der Waals surface area contributed by atoms with Crippen LogP contribution in [0.4, 0.5) is 5.69 Å². The van der Waals surface area contributed by atoms with Crippen LogP contribution in [0.3, 0.4) is 0 Å². The zero-order chi connectivity index (χ0) is 16.6. The van der Waals surface area contributed by atoms with Gasteiger partial charge in [0.1, 0.15) is 5.60 Å². The molecule has 0 aliphatic rings. The third-order valence-corrected chi connectivity index (χ3v) is 3.24. The topological polar surface area (TPSA) is 60.5 Å². The lowest BCUT2D eigenvalue weighted by Crippen LogP contribution is -2.40. The summed E-state index contributed by atoms with van der Waals surface area (Å²) in [5.41, 5.74) is 0.694. The first kappa shape index (κ1) is 18.4. The van der Waals surface area contributed by atoms with Crippen LogP contribution in [-0.2, 0) is 9.53 Å². The highest BCUT2D eigenvalue weighted by Gasteiger charge is 2.28. The van der Waals surface area contributed by atoms with E-state index < -0.39 is 5.60 Å². The molecular weight excluding hydrogens is 280 g/mol. The van der Waals surface area contributed by atoms with Crippen LogP contribution >= 0.6 is 0 Å². The molecule has 0 aliphatic heterocycles. The minimum atomic E-state index is -0.861. The van der Waals surface area contributed by atoms with Crippen molar-refractivity contribution in [1.82, 2.24) is 4.98 Å². The van der Waals surface area contributed by atoms with Crippen molar-refractivity contribution in [2.24, 2.45) is 0 Å². The van der Waals surface area contributed by atoms with E-state index >= 15 is 0 Å². The van der Waals surface area contributed by atoms with Crippen molar-refractivity contribution in [2.45, 2.75) is 59.5 Å². The van der Waals surface area contributed by atoms with E-state index in [0.29, 0.717) is 24.8 Å². The van der Waals surface area contributed by atoms with Gasteiger partial charge in [-0.2, -0.15) is 0 Å². The number of nitrogens with zero attached hydrogens (tertiary/aromatic N) is 1. The minimum Gasteiger partial charge on any atom is -0.477 e. The normalized spacial score (nSPS) is 11.3. The molecule has 0 spiro atoms. The van der Waals surface area contributed by atoms with E-state index in [1.54, 1.807) is 20.0 Å². The highest BCUT2D eigenvalue weighted by molar-refractivity contribution is 5.96. The molecule has 0 radical (unpaired) electrons. The standard InChI is InChI=1S/C17H28N2O3/c1-6-8-10-21-15-13(3)11-14(12-18-15)19-16(20)17(4,5)22-9-7-2/h11-12H,6-10H2,1-5H3,(H,19,20). The van der Waals surface area contributed by atoms with Crippen molar-refractivity contribution < 1.29 is 14.3 Å². The Labute approximate surface area is 133 Å². The van der Waals surface area contributed by atoms with E-state index in [9.17, 15) is 4.79 Å². The average Bonchev–Trinajstić information content (AvgIpc) is 2.47. The second-order valence-electron chi connectivity index (χ2n) is 5.86. The first-order valence-electron chi connectivity index (χ1n) is 7.95. The number of pyridine rings is 1. The maximum Gasteiger partial charge on any atom is 0.256 e. The summed E-state index contributed by atoms with van der Waals surface area (Å²) in [5, 5.41) is 2.84. The predicted molar refractivity (Wildman–Crippen MR) is 88.3 cm³/mol. The van der Waals surface area contributed by atoms with Gasteiger partial charge in [0.2, 0.25) is 5.88 Å². The molecule has 1 rings (SSSR count). The van der Waals surface area contributed by atoms with Crippen molar-refractivity contribution >= 4 is 11.6 Å². The van der Waals surface area contributed by atoms with Crippen LogP contribution < -0.4 is 10.1 Å². The van der Waals surface area contributed by atoms with Gasteiger partial charge < -0.3 is 14.8 Å². The molecule has 0 saturated heterocycles. The van der Waals surface area contributed by atoms with E-state index in [-0.39, 0.29) is 5.91 Å². The molecule has 124 valence electrons. The Bertz CT molecular complexity index is 487. The van der Waals surface area contributed by atoms with E-state index in [1.807, 2.05) is 19.9 Å². The lowest BCUT2D eigenvalue weighted by Gasteiger charge is -2.24. The number of aryl methyl sites for hydroxylation is 1. The van der Waals surface area contributed by atoms with Gasteiger partial charge in [0.05, 0.1) is 18.5 Å². The molecule has 22 heavy (non-hydrogen) atoms. The van der Waals surface area contributed by atoms with Crippen molar-refractivity contribution in [3.63, 3.8) is 0 Å². The van der Waals surface area contributed by atoms with Crippen LogP contribution in [0.1, 0.15) is 52.5 Å². The smallest absolute Gasteiger partial charge is 0.256 e. The highest BCUT2D eigenvalue weighted by atomic mass is 16.5. The summed E-state index contributed by atoms with van der Waals surface area (Å²) in [6.45, 7) is 10.8. The number of anilines is 1. The molecule has 1 N–H and O–H groups in total. The number of nitrogens with one attached hydrogen (secondary N) is 1. The first-order valence-corrected chi connectivity index (χ1v) is 7.95. The Morgan fingerprint density at radius 2 is 2.00 bits per heavy atom. The Kier molecular flexibility index (Phi) is 7.32. The molecule has 0 unspecified atom stereocenters. The molecule has 5 nitrogen and oxygen atoms in total. The second-order valence-corrected chi connectivity index (χ2v) is 5.86. The number of aromatic nitrogens is 1. The van der Waals surface area contributed by atoms with Crippen LogP contribution in [0.15, 0.2) is 12.3 Å².